The normalized spacial score (nSPS) is 11.4. The minimum Gasteiger partial charge on any atom is -0.284 e. The molecule has 5 aromatic heterocycles. The third-order valence-corrected chi connectivity index (χ3v) is 6.34. The van der Waals surface area contributed by atoms with Gasteiger partial charge in [-0.1, -0.05) is 60.7 Å². The number of aromatic nitrogens is 5. The minimum atomic E-state index is 0.866. The fourth-order valence-corrected chi connectivity index (χ4v) is 4.63. The van der Waals surface area contributed by atoms with Crippen molar-refractivity contribution >= 4 is 27.6 Å². The van der Waals surface area contributed by atoms with Crippen LogP contribution in [0.4, 0.5) is 0 Å². The van der Waals surface area contributed by atoms with Crippen LogP contribution in [0, 0.1) is 0 Å². The van der Waals surface area contributed by atoms with Crippen LogP contribution in [0.1, 0.15) is 0 Å². The van der Waals surface area contributed by atoms with Crippen molar-refractivity contribution in [3.63, 3.8) is 0 Å². The van der Waals surface area contributed by atoms with Gasteiger partial charge < -0.3 is 0 Å². The van der Waals surface area contributed by atoms with E-state index >= 15 is 0 Å². The Bertz CT molecular complexity index is 1840. The Morgan fingerprint density at radius 1 is 0.514 bits per heavy atom. The molecule has 7 rings (SSSR count). The topological polar surface area (TPSA) is 56.0 Å². The van der Waals surface area contributed by atoms with Gasteiger partial charge >= 0.3 is 0 Å². The fourth-order valence-electron chi connectivity index (χ4n) is 4.63. The lowest BCUT2D eigenvalue weighted by Gasteiger charge is -2.09. The molecule has 0 aliphatic heterocycles. The first-order chi connectivity index (χ1) is 17.3. The molecule has 0 amide bonds. The summed E-state index contributed by atoms with van der Waals surface area (Å²) in [6.45, 7) is 0. The number of pyridine rings is 4. The molecular formula is C30H19N5. The summed E-state index contributed by atoms with van der Waals surface area (Å²) in [5, 5.41) is 2.20. The zero-order chi connectivity index (χ0) is 23.2. The van der Waals surface area contributed by atoms with Crippen molar-refractivity contribution in [3.05, 3.63) is 116 Å². The predicted molar refractivity (Wildman–Crippen MR) is 140 cm³/mol. The molecule has 0 N–H and O–H groups in total. The molecule has 0 aliphatic carbocycles. The number of hydrogen-bond acceptors (Lipinski definition) is 4. The molecule has 0 unspecified atom stereocenters. The second kappa shape index (κ2) is 7.85. The summed E-state index contributed by atoms with van der Waals surface area (Å²) in [6, 6.07) is 32.9. The molecule has 0 bridgehead atoms. The molecule has 0 aliphatic rings. The zero-order valence-electron chi connectivity index (χ0n) is 18.7. The predicted octanol–water partition coefficient (Wildman–Crippen LogP) is 6.83. The molecule has 5 heteroatoms. The van der Waals surface area contributed by atoms with Crippen molar-refractivity contribution in [1.29, 1.82) is 0 Å². The monoisotopic (exact) mass is 449 g/mol. The van der Waals surface area contributed by atoms with Gasteiger partial charge in [0.2, 0.25) is 0 Å². The SMILES string of the molecule is c1cc(-c2ccncc2)nc(-c2ccc(-c3nc4c(nc5ccccn54)c4ccccc34)cc2)c1. The maximum atomic E-state index is 5.10. The van der Waals surface area contributed by atoms with Crippen LogP contribution in [0.25, 0.3) is 61.4 Å². The average molecular weight is 450 g/mol. The Hall–Kier alpha value is -4.90. The van der Waals surface area contributed by atoms with Crippen molar-refractivity contribution in [3.8, 4) is 33.8 Å². The molecule has 35 heavy (non-hydrogen) atoms. The van der Waals surface area contributed by atoms with Crippen LogP contribution in [0.5, 0.6) is 0 Å². The lowest BCUT2D eigenvalue weighted by atomic mass is 10.0. The summed E-state index contributed by atoms with van der Waals surface area (Å²) in [6.07, 6.45) is 5.59. The largest absolute Gasteiger partial charge is 0.284 e. The molecule has 0 spiro atoms. The van der Waals surface area contributed by atoms with Crippen LogP contribution < -0.4 is 0 Å². The van der Waals surface area contributed by atoms with Crippen molar-refractivity contribution in [2.75, 3.05) is 0 Å². The minimum absolute atomic E-state index is 0.866. The van der Waals surface area contributed by atoms with Gasteiger partial charge in [-0.15, -0.1) is 0 Å². The Kier molecular flexibility index (Phi) is 4.39. The average Bonchev–Trinajstić information content (AvgIpc) is 3.32. The van der Waals surface area contributed by atoms with Crippen LogP contribution in [0.15, 0.2) is 116 Å². The van der Waals surface area contributed by atoms with E-state index in [0.717, 1.165) is 61.4 Å². The van der Waals surface area contributed by atoms with Crippen LogP contribution in [0.2, 0.25) is 0 Å². The van der Waals surface area contributed by atoms with Gasteiger partial charge in [-0.3, -0.25) is 9.38 Å². The van der Waals surface area contributed by atoms with Gasteiger partial charge in [0.15, 0.2) is 5.65 Å². The van der Waals surface area contributed by atoms with Gasteiger partial charge in [-0.05, 0) is 36.4 Å². The Balaban J connectivity index is 1.36. The highest BCUT2D eigenvalue weighted by Gasteiger charge is 2.15. The first kappa shape index (κ1) is 19.6. The van der Waals surface area contributed by atoms with Gasteiger partial charge in [0.05, 0.1) is 17.1 Å². The van der Waals surface area contributed by atoms with Crippen molar-refractivity contribution < 1.29 is 0 Å². The number of fused-ring (bicyclic) bond motifs is 5. The molecule has 5 heterocycles. The molecule has 0 fully saturated rings. The molecule has 0 radical (unpaired) electrons. The van der Waals surface area contributed by atoms with E-state index < -0.39 is 0 Å². The molecular weight excluding hydrogens is 430 g/mol. The Labute approximate surface area is 201 Å². The van der Waals surface area contributed by atoms with E-state index in [0.29, 0.717) is 0 Å². The van der Waals surface area contributed by atoms with E-state index in [2.05, 4.69) is 53.5 Å². The van der Waals surface area contributed by atoms with E-state index in [1.807, 2.05) is 59.1 Å². The molecule has 7 aromatic rings. The smallest absolute Gasteiger partial charge is 0.165 e. The summed E-state index contributed by atoms with van der Waals surface area (Å²) in [5.74, 6) is 0. The van der Waals surface area contributed by atoms with Crippen molar-refractivity contribution in [2.45, 2.75) is 0 Å². The van der Waals surface area contributed by atoms with Gasteiger partial charge in [-0.2, -0.15) is 0 Å². The van der Waals surface area contributed by atoms with Gasteiger partial charge in [-0.25, -0.2) is 15.0 Å². The van der Waals surface area contributed by atoms with Crippen molar-refractivity contribution in [1.82, 2.24) is 24.3 Å². The van der Waals surface area contributed by atoms with E-state index in [1.54, 1.807) is 12.4 Å². The molecule has 0 saturated heterocycles. The number of hydrogen-bond donors (Lipinski definition) is 0. The second-order valence-corrected chi connectivity index (χ2v) is 8.44. The molecule has 164 valence electrons. The third kappa shape index (κ3) is 3.25. The standard InChI is InChI=1S/C30H19N5/c1-2-7-24-23(6-1)28(34-30-29(24)33-27-10-3-4-19-35(27)30)22-13-11-20(12-14-22)25-8-5-9-26(32-25)21-15-17-31-18-16-21/h1-19H. The highest BCUT2D eigenvalue weighted by atomic mass is 15.1. The van der Waals surface area contributed by atoms with Crippen LogP contribution in [-0.2, 0) is 0 Å². The number of rotatable bonds is 3. The molecule has 0 atom stereocenters. The van der Waals surface area contributed by atoms with E-state index in [9.17, 15) is 0 Å². The number of imidazole rings is 1. The summed E-state index contributed by atoms with van der Waals surface area (Å²) >= 11 is 0. The second-order valence-electron chi connectivity index (χ2n) is 8.44. The van der Waals surface area contributed by atoms with Gasteiger partial charge in [0, 0.05) is 46.1 Å². The summed E-state index contributed by atoms with van der Waals surface area (Å²) < 4.78 is 2.05. The molecule has 0 saturated carbocycles. The number of benzene rings is 2. The van der Waals surface area contributed by atoms with Crippen LogP contribution in [0.3, 0.4) is 0 Å². The van der Waals surface area contributed by atoms with Gasteiger partial charge in [0.1, 0.15) is 11.2 Å². The Morgan fingerprint density at radius 2 is 1.20 bits per heavy atom. The number of nitrogens with zero attached hydrogens (tertiary/aromatic N) is 5. The summed E-state index contributed by atoms with van der Waals surface area (Å²) in [4.78, 5) is 18.9. The van der Waals surface area contributed by atoms with E-state index in [-0.39, 0.29) is 0 Å². The van der Waals surface area contributed by atoms with Crippen LogP contribution >= 0.6 is 0 Å². The quantitative estimate of drug-likeness (QED) is 0.297. The summed E-state index contributed by atoms with van der Waals surface area (Å²) in [5.41, 5.74) is 8.66. The maximum absolute atomic E-state index is 5.10. The lowest BCUT2D eigenvalue weighted by Crippen LogP contribution is -1.92. The molecule has 5 nitrogen and oxygen atoms in total. The highest BCUT2D eigenvalue weighted by molar-refractivity contribution is 6.09. The van der Waals surface area contributed by atoms with Gasteiger partial charge in [0.25, 0.3) is 0 Å². The maximum Gasteiger partial charge on any atom is 0.165 e. The fraction of sp³-hybridized carbons (Fsp3) is 0. The first-order valence-corrected chi connectivity index (χ1v) is 11.5. The third-order valence-electron chi connectivity index (χ3n) is 6.34. The first-order valence-electron chi connectivity index (χ1n) is 11.5. The van der Waals surface area contributed by atoms with Crippen molar-refractivity contribution in [2.24, 2.45) is 0 Å². The highest BCUT2D eigenvalue weighted by Crippen LogP contribution is 2.33. The van der Waals surface area contributed by atoms with E-state index in [1.165, 1.54) is 0 Å². The Morgan fingerprint density at radius 3 is 2.00 bits per heavy atom. The van der Waals surface area contributed by atoms with Crippen LogP contribution in [-0.4, -0.2) is 24.3 Å². The summed E-state index contributed by atoms with van der Waals surface area (Å²) in [7, 11) is 0. The van der Waals surface area contributed by atoms with E-state index in [4.69, 9.17) is 15.0 Å². The lowest BCUT2D eigenvalue weighted by molar-refractivity contribution is 1.19. The molecule has 2 aromatic carbocycles. The zero-order valence-corrected chi connectivity index (χ0v) is 18.7.